The molecule has 0 aliphatic carbocycles. The monoisotopic (exact) mass is 450 g/mol. The van der Waals surface area contributed by atoms with Crippen LogP contribution in [0.15, 0.2) is 34.8 Å². The Morgan fingerprint density at radius 1 is 1.36 bits per heavy atom. The molecule has 1 unspecified atom stereocenters. The number of ether oxygens (including phenoxy) is 3. The van der Waals surface area contributed by atoms with Crippen LogP contribution in [0.2, 0.25) is 0 Å². The zero-order valence-electron chi connectivity index (χ0n) is 15.4. The molecule has 1 heterocycles. The Labute approximate surface area is 170 Å². The van der Waals surface area contributed by atoms with Crippen LogP contribution in [0.5, 0.6) is 17.2 Å². The summed E-state index contributed by atoms with van der Waals surface area (Å²) in [5.41, 5.74) is 0.381. The third-order valence-electron chi connectivity index (χ3n) is 4.34. The van der Waals surface area contributed by atoms with Crippen LogP contribution in [-0.2, 0) is 0 Å². The topological polar surface area (TPSA) is 99.9 Å². The second-order valence-corrected chi connectivity index (χ2v) is 6.97. The number of rotatable bonds is 6. The van der Waals surface area contributed by atoms with Gasteiger partial charge in [-0.25, -0.2) is 0 Å². The number of nitro benzene ring substituents is 1. The van der Waals surface area contributed by atoms with Crippen LogP contribution in [0.3, 0.4) is 0 Å². The molecule has 0 spiro atoms. The molecule has 1 aliphatic heterocycles. The molecule has 1 atom stereocenters. The van der Waals surface area contributed by atoms with E-state index in [1.165, 1.54) is 19.2 Å². The molecule has 9 heteroatoms. The molecule has 2 aromatic rings. The van der Waals surface area contributed by atoms with Crippen molar-refractivity contribution in [3.63, 3.8) is 0 Å². The first-order valence-electron chi connectivity index (χ1n) is 8.67. The van der Waals surface area contributed by atoms with Crippen LogP contribution in [0.25, 0.3) is 0 Å². The first kappa shape index (κ1) is 19.9. The number of hydrogen-bond donors (Lipinski definition) is 1. The molecule has 1 N–H and O–H groups in total. The summed E-state index contributed by atoms with van der Waals surface area (Å²) in [6, 6.07) is 7.76. The number of fused-ring (bicyclic) bond motifs is 1. The van der Waals surface area contributed by atoms with Gasteiger partial charge in [-0.05, 0) is 25.1 Å². The minimum absolute atomic E-state index is 0.0858. The van der Waals surface area contributed by atoms with E-state index >= 15 is 0 Å². The first-order valence-corrected chi connectivity index (χ1v) is 9.46. The number of halogens is 1. The van der Waals surface area contributed by atoms with Crippen LogP contribution in [0.4, 0.5) is 5.69 Å². The Balaban J connectivity index is 1.96. The summed E-state index contributed by atoms with van der Waals surface area (Å²) in [4.78, 5) is 23.8. The molecule has 0 bridgehead atoms. The molecule has 28 heavy (non-hydrogen) atoms. The molecule has 0 saturated carbocycles. The van der Waals surface area contributed by atoms with Gasteiger partial charge < -0.3 is 19.5 Å². The van der Waals surface area contributed by atoms with Crippen LogP contribution in [0.1, 0.15) is 35.3 Å². The fraction of sp³-hybridized carbons (Fsp3) is 0.316. The second kappa shape index (κ2) is 8.47. The van der Waals surface area contributed by atoms with Crippen molar-refractivity contribution in [3.8, 4) is 17.2 Å². The highest BCUT2D eigenvalue weighted by molar-refractivity contribution is 9.10. The van der Waals surface area contributed by atoms with Gasteiger partial charge in [0.1, 0.15) is 11.3 Å². The summed E-state index contributed by atoms with van der Waals surface area (Å²) in [5.74, 6) is 0.591. The average Bonchev–Trinajstić information content (AvgIpc) is 2.68. The standard InChI is InChI=1S/C19H19BrN2O6/c1-3-27-18-9-13(15(22(24)25)10-17(18)26-2)19(23)21-14-6-7-28-16-5-4-11(20)8-12(14)16/h4-5,8-10,14H,3,6-7H2,1-2H3,(H,21,23). The number of nitrogens with one attached hydrogen (secondary N) is 1. The lowest BCUT2D eigenvalue weighted by Gasteiger charge is -2.27. The van der Waals surface area contributed by atoms with Crippen molar-refractivity contribution in [3.05, 3.63) is 56.0 Å². The highest BCUT2D eigenvalue weighted by atomic mass is 79.9. The van der Waals surface area contributed by atoms with Crippen LogP contribution in [0, 0.1) is 10.1 Å². The third kappa shape index (κ3) is 4.04. The van der Waals surface area contributed by atoms with E-state index in [4.69, 9.17) is 14.2 Å². The molecule has 2 aromatic carbocycles. The average molecular weight is 451 g/mol. The van der Waals surface area contributed by atoms with Crippen molar-refractivity contribution in [2.75, 3.05) is 20.3 Å². The minimum atomic E-state index is -0.609. The Bertz CT molecular complexity index is 918. The number of nitrogens with zero attached hydrogens (tertiary/aromatic N) is 1. The lowest BCUT2D eigenvalue weighted by molar-refractivity contribution is -0.385. The van der Waals surface area contributed by atoms with E-state index in [1.807, 2.05) is 18.2 Å². The van der Waals surface area contributed by atoms with Gasteiger partial charge in [0.2, 0.25) is 0 Å². The summed E-state index contributed by atoms with van der Waals surface area (Å²) >= 11 is 3.41. The van der Waals surface area contributed by atoms with Crippen molar-refractivity contribution in [2.24, 2.45) is 0 Å². The zero-order valence-corrected chi connectivity index (χ0v) is 16.9. The van der Waals surface area contributed by atoms with Gasteiger partial charge >= 0.3 is 0 Å². The van der Waals surface area contributed by atoms with E-state index in [0.29, 0.717) is 25.4 Å². The molecule has 8 nitrogen and oxygen atoms in total. The normalized spacial score (nSPS) is 15.2. The summed E-state index contributed by atoms with van der Waals surface area (Å²) in [7, 11) is 1.39. The van der Waals surface area contributed by atoms with Gasteiger partial charge in [-0.15, -0.1) is 0 Å². The number of methoxy groups -OCH3 is 1. The summed E-state index contributed by atoms with van der Waals surface area (Å²) in [6.07, 6.45) is 0.553. The van der Waals surface area contributed by atoms with Gasteiger partial charge in [-0.1, -0.05) is 15.9 Å². The Hall–Kier alpha value is -2.81. The number of carbonyl (C=O) groups is 1. The van der Waals surface area contributed by atoms with E-state index < -0.39 is 10.8 Å². The van der Waals surface area contributed by atoms with Crippen molar-refractivity contribution in [2.45, 2.75) is 19.4 Å². The van der Waals surface area contributed by atoms with Gasteiger partial charge in [-0.3, -0.25) is 14.9 Å². The molecule has 0 saturated heterocycles. The highest BCUT2D eigenvalue weighted by Crippen LogP contribution is 2.37. The maximum atomic E-state index is 12.9. The second-order valence-electron chi connectivity index (χ2n) is 6.06. The lowest BCUT2D eigenvalue weighted by atomic mass is 10.00. The third-order valence-corrected chi connectivity index (χ3v) is 4.83. The molecule has 0 fully saturated rings. The molecule has 0 radical (unpaired) electrons. The summed E-state index contributed by atoms with van der Waals surface area (Å²) < 4.78 is 17.1. The first-order chi connectivity index (χ1) is 13.4. The van der Waals surface area contributed by atoms with E-state index in [1.54, 1.807) is 6.92 Å². The predicted molar refractivity (Wildman–Crippen MR) is 105 cm³/mol. The summed E-state index contributed by atoms with van der Waals surface area (Å²) in [5, 5.41) is 14.4. The quantitative estimate of drug-likeness (QED) is 0.526. The molecule has 1 aliphatic rings. The zero-order chi connectivity index (χ0) is 20.3. The van der Waals surface area contributed by atoms with Crippen LogP contribution >= 0.6 is 15.9 Å². The van der Waals surface area contributed by atoms with Gasteiger partial charge in [0.05, 0.1) is 37.4 Å². The fourth-order valence-corrected chi connectivity index (χ4v) is 3.44. The minimum Gasteiger partial charge on any atom is -0.493 e. The van der Waals surface area contributed by atoms with Crippen LogP contribution < -0.4 is 19.5 Å². The largest absolute Gasteiger partial charge is 0.493 e. The molecule has 148 valence electrons. The lowest BCUT2D eigenvalue weighted by Crippen LogP contribution is -2.32. The Kier molecular flexibility index (Phi) is 6.03. The fourth-order valence-electron chi connectivity index (χ4n) is 3.06. The number of amides is 1. The summed E-state index contributed by atoms with van der Waals surface area (Å²) in [6.45, 7) is 2.54. The van der Waals surface area contributed by atoms with Crippen LogP contribution in [-0.4, -0.2) is 31.2 Å². The number of hydrogen-bond acceptors (Lipinski definition) is 6. The molecular weight excluding hydrogens is 432 g/mol. The van der Waals surface area contributed by atoms with Gasteiger partial charge in [0, 0.05) is 22.5 Å². The van der Waals surface area contributed by atoms with E-state index in [0.717, 1.165) is 10.0 Å². The van der Waals surface area contributed by atoms with Gasteiger partial charge in [-0.2, -0.15) is 0 Å². The Morgan fingerprint density at radius 3 is 2.82 bits per heavy atom. The number of carbonyl (C=O) groups excluding carboxylic acids is 1. The Morgan fingerprint density at radius 2 is 2.14 bits per heavy atom. The molecule has 0 aromatic heterocycles. The van der Waals surface area contributed by atoms with Crippen molar-refractivity contribution < 1.29 is 23.9 Å². The maximum absolute atomic E-state index is 12.9. The van der Waals surface area contributed by atoms with E-state index in [-0.39, 0.29) is 28.8 Å². The van der Waals surface area contributed by atoms with Gasteiger partial charge in [0.25, 0.3) is 11.6 Å². The highest BCUT2D eigenvalue weighted by Gasteiger charge is 2.29. The SMILES string of the molecule is CCOc1cc(C(=O)NC2CCOc3ccc(Br)cc32)c([N+](=O)[O-])cc1OC. The molecular formula is C19H19BrN2O6. The van der Waals surface area contributed by atoms with Crippen molar-refractivity contribution in [1.29, 1.82) is 0 Å². The predicted octanol–water partition coefficient (Wildman–Crippen LogP) is 4.02. The van der Waals surface area contributed by atoms with Gasteiger partial charge in [0.15, 0.2) is 11.5 Å². The van der Waals surface area contributed by atoms with Crippen molar-refractivity contribution in [1.82, 2.24) is 5.32 Å². The number of benzene rings is 2. The van der Waals surface area contributed by atoms with E-state index in [2.05, 4.69) is 21.2 Å². The van der Waals surface area contributed by atoms with Crippen molar-refractivity contribution >= 4 is 27.5 Å². The molecule has 1 amide bonds. The smallest absolute Gasteiger partial charge is 0.286 e. The maximum Gasteiger partial charge on any atom is 0.286 e. The number of nitro groups is 1. The van der Waals surface area contributed by atoms with E-state index in [9.17, 15) is 14.9 Å². The molecule has 3 rings (SSSR count).